The SMILES string of the molecule is C.C.C.C.C.C.C.C.C.C.C.C.C.C.C.C.C.C.C.C.C.C.C.C.C.C.C.C.CC(Cl)C(=O)Cl.CCCCC(C)OC(C)=O.CCCCC(CC(C)O)OC(C)=O.CCCCC(CC(O)CC(C)OC(=O)C(C)CC(C)Br)OC(C)=O.CCCCC(CC(O)CC(C)OC(=O)C(C)Cl)OC(C)=O. The van der Waals surface area contributed by atoms with Crippen LogP contribution in [-0.2, 0) is 62.0 Å². The molecular weight excluding hydrogens is 1430 g/mol. The number of esters is 6. The molecule has 0 aliphatic carbocycles. The normalized spacial score (nSPS) is 11.5. The molecule has 0 aromatic rings. The lowest BCUT2D eigenvalue weighted by Crippen LogP contribution is -2.28. The van der Waals surface area contributed by atoms with E-state index in [1.807, 2.05) is 20.8 Å². The number of aliphatic hydroxyl groups excluding tert-OH is 3. The molecule has 0 fully saturated rings. The van der Waals surface area contributed by atoms with Gasteiger partial charge in [0.2, 0.25) is 5.24 Å². The molecule has 0 rings (SSSR count). The number of halogens is 4. The average molecular weight is 1640 g/mol. The van der Waals surface area contributed by atoms with E-state index < -0.39 is 46.4 Å². The molecule has 0 bridgehead atoms. The highest BCUT2D eigenvalue weighted by Gasteiger charge is 2.24. The molecule has 20 heteroatoms. The van der Waals surface area contributed by atoms with E-state index in [-0.39, 0.29) is 279 Å². The lowest BCUT2D eigenvalue weighted by atomic mass is 10.0. The number of hydrogen-bond acceptors (Lipinski definition) is 16. The fraction of sp³-hybridized carbons (Fsp3) is 0.915. The monoisotopic (exact) mass is 1640 g/mol. The van der Waals surface area contributed by atoms with Crippen LogP contribution in [0.5, 0.6) is 0 Å². The number of hydrogen-bond donors (Lipinski definition) is 3. The Balaban J connectivity index is -0.0000000184. The number of alkyl halides is 3. The zero-order valence-electron chi connectivity index (χ0n) is 47.9. The van der Waals surface area contributed by atoms with E-state index in [0.29, 0.717) is 38.5 Å². The maximum absolute atomic E-state index is 12.0. The predicted octanol–water partition coefficient (Wildman–Crippen LogP) is 30.0. The number of unbranched alkanes of at least 4 members (excludes halogenated alkanes) is 4. The summed E-state index contributed by atoms with van der Waals surface area (Å²) in [6.07, 6.45) is 11.0. The molecule has 0 aromatic heterocycles. The Kier molecular flexibility index (Phi) is 302. The van der Waals surface area contributed by atoms with Crippen LogP contribution in [0.15, 0.2) is 0 Å². The molecule has 0 saturated heterocycles. The third-order valence-corrected chi connectivity index (χ3v) is 11.4. The third kappa shape index (κ3) is 168. The standard InChI is InChI=1S/C18H33BrO5.C15H27ClO5.C10H20O3.C8H16O2.C3H4Cl2O.28CH4/c1-6-7-8-17(24-15(5)20)11-16(21)10-14(4)23-18(22)12(2)9-13(3)19;1-5-6-7-14(21-12(4)17)9-13(18)8-10(2)20-15(19)11(3)16;1-4-5-6-10(7-8(2)11)13-9(3)12;1-4-5-6-7(2)10-8(3)9;1-2(4)3(5)6;;;;;;;;;;;;;;;;;;;;;;;;;;;;/h12-14,16-17,21H,6-11H2,1-5H3;10-11,13-14,18H,5-9H2,1-4H3;8,10-11H,4-7H2,1-3H3;7H,4-6H2,1-3H3;2H,1H3;28*1H4. The maximum Gasteiger partial charge on any atom is 0.324 e. The first-order valence-corrected chi connectivity index (χ1v) is 28.7. The van der Waals surface area contributed by atoms with Gasteiger partial charge in [-0.05, 0) is 85.2 Å². The van der Waals surface area contributed by atoms with E-state index in [1.54, 1.807) is 20.8 Å². The molecule has 3 N–H and O–H groups in total. The van der Waals surface area contributed by atoms with Gasteiger partial charge in [-0.3, -0.25) is 33.6 Å². The molecule has 664 valence electrons. The summed E-state index contributed by atoms with van der Waals surface area (Å²) in [6.45, 7) is 27.9. The number of carbonyl (C=O) groups excluding carboxylic acids is 7. The van der Waals surface area contributed by atoms with Crippen LogP contribution < -0.4 is 0 Å². The van der Waals surface area contributed by atoms with Crippen molar-refractivity contribution in [3.05, 3.63) is 0 Å². The van der Waals surface area contributed by atoms with Gasteiger partial charge in [-0.25, -0.2) is 0 Å². The molecule has 0 heterocycles. The number of aliphatic hydroxyl groups is 3. The van der Waals surface area contributed by atoms with Crippen LogP contribution in [0.4, 0.5) is 0 Å². The molecule has 0 aromatic carbocycles. The summed E-state index contributed by atoms with van der Waals surface area (Å²) < 4.78 is 30.9. The van der Waals surface area contributed by atoms with Crippen molar-refractivity contribution in [2.75, 3.05) is 0 Å². The smallest absolute Gasteiger partial charge is 0.324 e. The van der Waals surface area contributed by atoms with Gasteiger partial charge in [0, 0.05) is 64.6 Å². The van der Waals surface area contributed by atoms with Gasteiger partial charge in [0.1, 0.15) is 41.3 Å². The summed E-state index contributed by atoms with van der Waals surface area (Å²) in [6, 6.07) is 0. The lowest BCUT2D eigenvalue weighted by Gasteiger charge is -2.23. The van der Waals surface area contributed by atoms with E-state index in [2.05, 4.69) is 43.6 Å². The van der Waals surface area contributed by atoms with Crippen LogP contribution in [-0.4, -0.2) is 127 Å². The van der Waals surface area contributed by atoms with Gasteiger partial charge in [-0.2, -0.15) is 0 Å². The van der Waals surface area contributed by atoms with Crippen LogP contribution in [0, 0.1) is 5.92 Å². The highest BCUT2D eigenvalue weighted by Crippen LogP contribution is 2.20. The molecule has 16 nitrogen and oxygen atoms in total. The Hall–Kier alpha value is -2.28. The van der Waals surface area contributed by atoms with Crippen molar-refractivity contribution >= 4 is 91.8 Å². The lowest BCUT2D eigenvalue weighted by molar-refractivity contribution is -0.155. The number of ether oxygens (including phenoxy) is 6. The Bertz CT molecular complexity index is 1460. The highest BCUT2D eigenvalue weighted by atomic mass is 79.9. The van der Waals surface area contributed by atoms with Crippen molar-refractivity contribution < 1.29 is 77.3 Å². The summed E-state index contributed by atoms with van der Waals surface area (Å²) in [4.78, 5) is 76.7. The van der Waals surface area contributed by atoms with Gasteiger partial charge in [-0.1, -0.05) is 317 Å². The summed E-state index contributed by atoms with van der Waals surface area (Å²) >= 11 is 19.0. The zero-order valence-corrected chi connectivity index (χ0v) is 51.7. The summed E-state index contributed by atoms with van der Waals surface area (Å²) in [7, 11) is 0. The second-order valence-electron chi connectivity index (χ2n) is 19.0. The molecule has 0 saturated carbocycles. The zero-order chi connectivity index (χ0) is 58.5. The summed E-state index contributed by atoms with van der Waals surface area (Å²) in [5.41, 5.74) is 0. The van der Waals surface area contributed by atoms with Gasteiger partial charge < -0.3 is 43.7 Å². The van der Waals surface area contributed by atoms with E-state index in [9.17, 15) is 43.8 Å². The Labute approximate surface area is 675 Å². The third-order valence-electron chi connectivity index (χ3n) is 10.2. The quantitative estimate of drug-likeness (QED) is 0.0240. The van der Waals surface area contributed by atoms with Crippen molar-refractivity contribution in [1.82, 2.24) is 0 Å². The van der Waals surface area contributed by atoms with E-state index in [0.717, 1.165) is 77.0 Å². The van der Waals surface area contributed by atoms with Crippen molar-refractivity contribution in [3.8, 4) is 0 Å². The van der Waals surface area contributed by atoms with Crippen molar-refractivity contribution in [2.45, 2.75) is 505 Å². The fourth-order valence-electron chi connectivity index (χ4n) is 6.74. The summed E-state index contributed by atoms with van der Waals surface area (Å²) in [5, 5.41) is 27.6. The first-order valence-electron chi connectivity index (χ1n) is 26.5. The second-order valence-corrected chi connectivity index (χ2v) is 22.2. The van der Waals surface area contributed by atoms with E-state index >= 15 is 0 Å². The average Bonchev–Trinajstić information content (AvgIpc) is 3.25. The number of rotatable bonds is 33. The minimum absolute atomic E-state index is 0. The molecule has 0 aliphatic heterocycles. The molecule has 13 atom stereocenters. The van der Waals surface area contributed by atoms with Crippen LogP contribution in [0.2, 0.25) is 0 Å². The first-order chi connectivity index (χ1) is 34.3. The van der Waals surface area contributed by atoms with Gasteiger partial charge in [0.05, 0.1) is 30.3 Å². The molecule has 0 amide bonds. The van der Waals surface area contributed by atoms with Gasteiger partial charge in [0.25, 0.3) is 0 Å². The van der Waals surface area contributed by atoms with Crippen molar-refractivity contribution in [2.24, 2.45) is 5.92 Å². The Morgan fingerprint density at radius 2 is 0.549 bits per heavy atom. The predicted molar refractivity (Wildman–Crippen MR) is 486 cm³/mol. The molecule has 13 unspecified atom stereocenters. The van der Waals surface area contributed by atoms with E-state index in [1.165, 1.54) is 41.5 Å². The largest absolute Gasteiger partial charge is 0.463 e. The van der Waals surface area contributed by atoms with Crippen LogP contribution in [0.25, 0.3) is 0 Å². The minimum Gasteiger partial charge on any atom is -0.463 e. The maximum atomic E-state index is 12.0. The molecule has 102 heavy (non-hydrogen) atoms. The van der Waals surface area contributed by atoms with Crippen LogP contribution >= 0.6 is 50.7 Å². The summed E-state index contributed by atoms with van der Waals surface area (Å²) in [5.74, 6) is -2.05. The van der Waals surface area contributed by atoms with Gasteiger partial charge in [-0.15, -0.1) is 23.2 Å². The van der Waals surface area contributed by atoms with Crippen molar-refractivity contribution in [3.63, 3.8) is 0 Å². The van der Waals surface area contributed by atoms with Crippen LogP contribution in [0.3, 0.4) is 0 Å². The highest BCUT2D eigenvalue weighted by molar-refractivity contribution is 9.09. The van der Waals surface area contributed by atoms with Crippen LogP contribution in [0.1, 0.15) is 434 Å². The molecule has 0 aliphatic rings. The topological polar surface area (TPSA) is 236 Å². The molecular formula is C82H212BrCl3O16. The van der Waals surface area contributed by atoms with E-state index in [4.69, 9.17) is 68.3 Å². The Morgan fingerprint density at radius 1 is 0.324 bits per heavy atom. The first kappa shape index (κ1) is 218. The molecule has 0 spiro atoms. The number of carbonyl (C=O) groups is 7. The Morgan fingerprint density at radius 3 is 0.745 bits per heavy atom. The fourth-order valence-corrected chi connectivity index (χ4v) is 7.35. The van der Waals surface area contributed by atoms with Gasteiger partial charge >= 0.3 is 35.8 Å². The second kappa shape index (κ2) is 141. The minimum atomic E-state index is -0.706. The molecule has 0 radical (unpaired) electrons. The van der Waals surface area contributed by atoms with Gasteiger partial charge in [0.15, 0.2) is 0 Å². The van der Waals surface area contributed by atoms with Crippen molar-refractivity contribution in [1.29, 1.82) is 0 Å².